The third-order valence-corrected chi connectivity index (χ3v) is 4.31. The SMILES string of the molecule is CCCCCCCCCCOC1CCC2OC2C1. The van der Waals surface area contributed by atoms with Crippen molar-refractivity contribution >= 4 is 0 Å². The first-order chi connectivity index (χ1) is 8.90. The standard InChI is InChI=1S/C16H30O2/c1-2-3-4-5-6-7-8-9-12-17-14-10-11-15-16(13-14)18-15/h14-16H,2-13H2,1H3. The number of fused-ring (bicyclic) bond motifs is 1. The molecule has 18 heavy (non-hydrogen) atoms. The van der Waals surface area contributed by atoms with E-state index in [1.807, 2.05) is 0 Å². The summed E-state index contributed by atoms with van der Waals surface area (Å²) in [6, 6.07) is 0. The highest BCUT2D eigenvalue weighted by molar-refractivity contribution is 4.92. The van der Waals surface area contributed by atoms with Crippen LogP contribution in [0.1, 0.15) is 77.6 Å². The van der Waals surface area contributed by atoms with Crippen molar-refractivity contribution in [2.24, 2.45) is 0 Å². The van der Waals surface area contributed by atoms with E-state index in [1.165, 1.54) is 64.2 Å². The van der Waals surface area contributed by atoms with E-state index in [0.29, 0.717) is 18.3 Å². The second-order valence-corrected chi connectivity index (χ2v) is 5.99. The van der Waals surface area contributed by atoms with Crippen molar-refractivity contribution in [2.45, 2.75) is 95.9 Å². The van der Waals surface area contributed by atoms with Gasteiger partial charge in [-0.15, -0.1) is 0 Å². The molecule has 0 aromatic heterocycles. The molecule has 0 N–H and O–H groups in total. The number of hydrogen-bond donors (Lipinski definition) is 0. The van der Waals surface area contributed by atoms with Crippen LogP contribution in [0, 0.1) is 0 Å². The molecule has 2 nitrogen and oxygen atoms in total. The van der Waals surface area contributed by atoms with Gasteiger partial charge in [0.05, 0.1) is 18.3 Å². The lowest BCUT2D eigenvalue weighted by atomic mass is 9.98. The van der Waals surface area contributed by atoms with Gasteiger partial charge >= 0.3 is 0 Å². The van der Waals surface area contributed by atoms with Gasteiger partial charge in [-0.1, -0.05) is 51.9 Å². The summed E-state index contributed by atoms with van der Waals surface area (Å²) in [4.78, 5) is 0. The normalized spacial score (nSPS) is 30.2. The second-order valence-electron chi connectivity index (χ2n) is 5.99. The van der Waals surface area contributed by atoms with Gasteiger partial charge < -0.3 is 9.47 Å². The van der Waals surface area contributed by atoms with E-state index in [2.05, 4.69) is 6.92 Å². The lowest BCUT2D eigenvalue weighted by molar-refractivity contribution is 0.0308. The molecule has 0 spiro atoms. The van der Waals surface area contributed by atoms with Gasteiger partial charge in [0.15, 0.2) is 0 Å². The monoisotopic (exact) mass is 254 g/mol. The summed E-state index contributed by atoms with van der Waals surface area (Å²) in [6.07, 6.45) is 16.3. The fraction of sp³-hybridized carbons (Fsp3) is 1.00. The predicted molar refractivity (Wildman–Crippen MR) is 74.9 cm³/mol. The van der Waals surface area contributed by atoms with Crippen molar-refractivity contribution < 1.29 is 9.47 Å². The Kier molecular flexibility index (Phi) is 6.50. The van der Waals surface area contributed by atoms with Crippen LogP contribution >= 0.6 is 0 Å². The summed E-state index contributed by atoms with van der Waals surface area (Å²) in [5.41, 5.74) is 0. The zero-order valence-electron chi connectivity index (χ0n) is 12.0. The van der Waals surface area contributed by atoms with Gasteiger partial charge in [0.1, 0.15) is 0 Å². The molecule has 0 aromatic carbocycles. The number of unbranched alkanes of at least 4 members (excludes halogenated alkanes) is 7. The van der Waals surface area contributed by atoms with E-state index < -0.39 is 0 Å². The zero-order valence-corrected chi connectivity index (χ0v) is 12.0. The molecular formula is C16H30O2. The fourth-order valence-corrected chi connectivity index (χ4v) is 3.00. The lowest BCUT2D eigenvalue weighted by Crippen LogP contribution is -2.22. The van der Waals surface area contributed by atoms with Crippen LogP contribution < -0.4 is 0 Å². The predicted octanol–water partition coefficient (Wildman–Crippen LogP) is 4.46. The Bertz CT molecular complexity index is 217. The Morgan fingerprint density at radius 1 is 0.889 bits per heavy atom. The highest BCUT2D eigenvalue weighted by Crippen LogP contribution is 2.37. The Balaban J connectivity index is 1.33. The number of rotatable bonds is 10. The maximum atomic E-state index is 5.95. The molecule has 3 atom stereocenters. The molecule has 106 valence electrons. The first-order valence-corrected chi connectivity index (χ1v) is 8.17. The van der Waals surface area contributed by atoms with Gasteiger partial charge in [0.25, 0.3) is 0 Å². The molecule has 1 saturated carbocycles. The van der Waals surface area contributed by atoms with Crippen LogP contribution in [0.4, 0.5) is 0 Å². The van der Waals surface area contributed by atoms with Crippen LogP contribution in [-0.2, 0) is 9.47 Å². The van der Waals surface area contributed by atoms with Crippen molar-refractivity contribution in [3.8, 4) is 0 Å². The molecule has 2 fully saturated rings. The summed E-state index contributed by atoms with van der Waals surface area (Å²) in [5.74, 6) is 0. The van der Waals surface area contributed by atoms with Crippen molar-refractivity contribution in [3.63, 3.8) is 0 Å². The van der Waals surface area contributed by atoms with Gasteiger partial charge in [-0.2, -0.15) is 0 Å². The number of epoxide rings is 1. The van der Waals surface area contributed by atoms with Gasteiger partial charge in [-0.05, 0) is 19.3 Å². The minimum atomic E-state index is 0.498. The van der Waals surface area contributed by atoms with Crippen molar-refractivity contribution in [3.05, 3.63) is 0 Å². The molecule has 1 aliphatic heterocycles. The van der Waals surface area contributed by atoms with Gasteiger partial charge in [0, 0.05) is 13.0 Å². The van der Waals surface area contributed by atoms with E-state index in [4.69, 9.17) is 9.47 Å². The highest BCUT2D eigenvalue weighted by atomic mass is 16.6. The third-order valence-electron chi connectivity index (χ3n) is 4.31. The molecule has 1 saturated heterocycles. The van der Waals surface area contributed by atoms with Crippen LogP contribution in [0.3, 0.4) is 0 Å². The largest absolute Gasteiger partial charge is 0.378 e. The molecule has 2 rings (SSSR count). The van der Waals surface area contributed by atoms with Crippen molar-refractivity contribution in [1.82, 2.24) is 0 Å². The minimum absolute atomic E-state index is 0.498. The third kappa shape index (κ3) is 5.27. The molecule has 0 radical (unpaired) electrons. The van der Waals surface area contributed by atoms with E-state index >= 15 is 0 Å². The van der Waals surface area contributed by atoms with Gasteiger partial charge in [-0.25, -0.2) is 0 Å². The van der Waals surface area contributed by atoms with Crippen molar-refractivity contribution in [1.29, 1.82) is 0 Å². The molecule has 1 aliphatic carbocycles. The van der Waals surface area contributed by atoms with Crippen LogP contribution in [0.5, 0.6) is 0 Å². The number of hydrogen-bond acceptors (Lipinski definition) is 2. The van der Waals surface area contributed by atoms with E-state index in [9.17, 15) is 0 Å². The molecule has 0 bridgehead atoms. The molecule has 0 amide bonds. The van der Waals surface area contributed by atoms with E-state index in [1.54, 1.807) is 0 Å². The second kappa shape index (κ2) is 8.16. The maximum Gasteiger partial charge on any atom is 0.0866 e. The summed E-state index contributed by atoms with van der Waals surface area (Å²) in [6.45, 7) is 3.24. The van der Waals surface area contributed by atoms with E-state index in [-0.39, 0.29) is 0 Å². The average molecular weight is 254 g/mol. The zero-order chi connectivity index (χ0) is 12.6. The summed E-state index contributed by atoms with van der Waals surface area (Å²) >= 11 is 0. The van der Waals surface area contributed by atoms with Crippen LogP contribution in [-0.4, -0.2) is 24.9 Å². The van der Waals surface area contributed by atoms with E-state index in [0.717, 1.165) is 13.0 Å². The van der Waals surface area contributed by atoms with Crippen LogP contribution in [0.2, 0.25) is 0 Å². The van der Waals surface area contributed by atoms with Crippen LogP contribution in [0.25, 0.3) is 0 Å². The Morgan fingerprint density at radius 2 is 1.61 bits per heavy atom. The maximum absolute atomic E-state index is 5.95. The molecule has 2 aliphatic rings. The smallest absolute Gasteiger partial charge is 0.0866 e. The lowest BCUT2D eigenvalue weighted by Gasteiger charge is -2.19. The summed E-state index contributed by atoms with van der Waals surface area (Å²) < 4.78 is 11.5. The topological polar surface area (TPSA) is 21.8 Å². The fourth-order valence-electron chi connectivity index (χ4n) is 3.00. The quantitative estimate of drug-likeness (QED) is 0.424. The first-order valence-electron chi connectivity index (χ1n) is 8.17. The Hall–Kier alpha value is -0.0800. The highest BCUT2D eigenvalue weighted by Gasteiger charge is 2.44. The Labute approximate surface area is 112 Å². The molecule has 3 unspecified atom stereocenters. The summed E-state index contributed by atoms with van der Waals surface area (Å²) in [5, 5.41) is 0. The van der Waals surface area contributed by atoms with Crippen LogP contribution in [0.15, 0.2) is 0 Å². The summed E-state index contributed by atoms with van der Waals surface area (Å²) in [7, 11) is 0. The molecular weight excluding hydrogens is 224 g/mol. The molecule has 2 heteroatoms. The average Bonchev–Trinajstić information content (AvgIpc) is 3.15. The number of ether oxygens (including phenoxy) is 2. The van der Waals surface area contributed by atoms with Gasteiger partial charge in [-0.3, -0.25) is 0 Å². The molecule has 1 heterocycles. The minimum Gasteiger partial charge on any atom is -0.378 e. The molecule has 0 aromatic rings. The van der Waals surface area contributed by atoms with Crippen molar-refractivity contribution in [2.75, 3.05) is 6.61 Å². The first kappa shape index (κ1) is 14.3. The Morgan fingerprint density at radius 3 is 2.33 bits per heavy atom. The van der Waals surface area contributed by atoms with Gasteiger partial charge in [0.2, 0.25) is 0 Å².